The highest BCUT2D eigenvalue weighted by molar-refractivity contribution is 9.10. The van der Waals surface area contributed by atoms with Gasteiger partial charge in [0.05, 0.1) is 0 Å². The van der Waals surface area contributed by atoms with Crippen LogP contribution in [0.5, 0.6) is 5.75 Å². The highest BCUT2D eigenvalue weighted by Gasteiger charge is 2.07. The lowest BCUT2D eigenvalue weighted by Crippen LogP contribution is -1.98. The van der Waals surface area contributed by atoms with Gasteiger partial charge in [-0.3, -0.25) is 4.79 Å². The molecular weight excluding hydrogens is 248 g/mol. The number of aliphatic carboxylic acids is 1. The van der Waals surface area contributed by atoms with E-state index >= 15 is 0 Å². The van der Waals surface area contributed by atoms with Crippen LogP contribution in [0.4, 0.5) is 0 Å². The normalized spacial score (nSPS) is 10.1. The van der Waals surface area contributed by atoms with E-state index in [2.05, 4.69) is 15.9 Å². The van der Waals surface area contributed by atoms with E-state index in [1.165, 1.54) is 0 Å². The first-order valence-corrected chi connectivity index (χ1v) is 5.00. The van der Waals surface area contributed by atoms with Crippen LogP contribution in [0.1, 0.15) is 17.5 Å². The summed E-state index contributed by atoms with van der Waals surface area (Å²) in [6.45, 7) is 1.86. The molecule has 0 bridgehead atoms. The van der Waals surface area contributed by atoms with Crippen LogP contribution in [-0.4, -0.2) is 16.2 Å². The van der Waals surface area contributed by atoms with Crippen LogP contribution < -0.4 is 0 Å². The van der Waals surface area contributed by atoms with Crippen LogP contribution in [0.25, 0.3) is 0 Å². The number of carbonyl (C=O) groups is 1. The smallest absolute Gasteiger partial charge is 0.303 e. The minimum Gasteiger partial charge on any atom is -0.508 e. The SMILES string of the molecule is Cc1cc(O)cc(CCC(=O)O)c1Br. The van der Waals surface area contributed by atoms with Crippen LogP contribution >= 0.6 is 15.9 Å². The van der Waals surface area contributed by atoms with Crippen molar-refractivity contribution in [3.63, 3.8) is 0 Å². The zero-order valence-corrected chi connectivity index (χ0v) is 9.34. The third kappa shape index (κ3) is 2.73. The van der Waals surface area contributed by atoms with E-state index in [4.69, 9.17) is 5.11 Å². The quantitative estimate of drug-likeness (QED) is 0.876. The minimum absolute atomic E-state index is 0.0709. The second-order valence-electron chi connectivity index (χ2n) is 3.13. The third-order valence-electron chi connectivity index (χ3n) is 1.92. The molecule has 2 N–H and O–H groups in total. The highest BCUT2D eigenvalue weighted by atomic mass is 79.9. The van der Waals surface area contributed by atoms with Crippen molar-refractivity contribution in [3.8, 4) is 5.75 Å². The van der Waals surface area contributed by atoms with Crippen molar-refractivity contribution in [2.45, 2.75) is 19.8 Å². The predicted molar refractivity (Wildman–Crippen MR) is 56.5 cm³/mol. The molecule has 1 aromatic rings. The maximum atomic E-state index is 10.4. The second kappa shape index (κ2) is 4.46. The molecule has 0 saturated carbocycles. The zero-order chi connectivity index (χ0) is 10.7. The van der Waals surface area contributed by atoms with Crippen molar-refractivity contribution in [2.24, 2.45) is 0 Å². The molecule has 0 saturated heterocycles. The fourth-order valence-electron chi connectivity index (χ4n) is 1.25. The van der Waals surface area contributed by atoms with E-state index in [9.17, 15) is 9.90 Å². The molecule has 0 radical (unpaired) electrons. The van der Waals surface area contributed by atoms with Crippen molar-refractivity contribution in [1.29, 1.82) is 0 Å². The first-order valence-electron chi connectivity index (χ1n) is 4.20. The Hall–Kier alpha value is -1.03. The van der Waals surface area contributed by atoms with Crippen molar-refractivity contribution in [1.82, 2.24) is 0 Å². The van der Waals surface area contributed by atoms with Crippen LogP contribution in [-0.2, 0) is 11.2 Å². The average molecular weight is 259 g/mol. The molecule has 0 fully saturated rings. The zero-order valence-electron chi connectivity index (χ0n) is 7.75. The number of phenols is 1. The van der Waals surface area contributed by atoms with Crippen LogP contribution in [0.3, 0.4) is 0 Å². The second-order valence-corrected chi connectivity index (χ2v) is 3.92. The van der Waals surface area contributed by atoms with Crippen LogP contribution in [0, 0.1) is 6.92 Å². The van der Waals surface area contributed by atoms with Gasteiger partial charge in [0.1, 0.15) is 5.75 Å². The molecule has 4 heteroatoms. The molecular formula is C10H11BrO3. The van der Waals surface area contributed by atoms with Gasteiger partial charge in [-0.1, -0.05) is 15.9 Å². The molecule has 1 rings (SSSR count). The summed E-state index contributed by atoms with van der Waals surface area (Å²) in [4.78, 5) is 10.4. The standard InChI is InChI=1S/C10H11BrO3/c1-6-4-8(12)5-7(10(6)11)2-3-9(13)14/h4-5,12H,2-3H2,1H3,(H,13,14). The number of hydrogen-bond donors (Lipinski definition) is 2. The molecule has 14 heavy (non-hydrogen) atoms. The number of carboxylic acids is 1. The van der Waals surface area contributed by atoms with Gasteiger partial charge in [0.2, 0.25) is 0 Å². The summed E-state index contributed by atoms with van der Waals surface area (Å²) in [5.74, 6) is -0.663. The predicted octanol–water partition coefficient (Wildman–Crippen LogP) is 2.48. The Morgan fingerprint density at radius 1 is 1.50 bits per heavy atom. The fourth-order valence-corrected chi connectivity index (χ4v) is 1.67. The highest BCUT2D eigenvalue weighted by Crippen LogP contribution is 2.27. The maximum Gasteiger partial charge on any atom is 0.303 e. The molecule has 0 spiro atoms. The largest absolute Gasteiger partial charge is 0.508 e. The Balaban J connectivity index is 2.90. The average Bonchev–Trinajstić information content (AvgIpc) is 2.08. The van der Waals surface area contributed by atoms with Crippen LogP contribution in [0.15, 0.2) is 16.6 Å². The van der Waals surface area contributed by atoms with Gasteiger partial charge < -0.3 is 10.2 Å². The van der Waals surface area contributed by atoms with Crippen molar-refractivity contribution in [2.75, 3.05) is 0 Å². The minimum atomic E-state index is -0.835. The molecule has 3 nitrogen and oxygen atoms in total. The molecule has 0 atom stereocenters. The number of halogens is 1. The first-order chi connectivity index (χ1) is 6.50. The van der Waals surface area contributed by atoms with Gasteiger partial charge in [-0.25, -0.2) is 0 Å². The van der Waals surface area contributed by atoms with Gasteiger partial charge in [0.15, 0.2) is 0 Å². The maximum absolute atomic E-state index is 10.4. The summed E-state index contributed by atoms with van der Waals surface area (Å²) >= 11 is 3.36. The van der Waals surface area contributed by atoms with E-state index in [1.807, 2.05) is 6.92 Å². The summed E-state index contributed by atoms with van der Waals surface area (Å²) in [6, 6.07) is 3.22. The van der Waals surface area contributed by atoms with Crippen molar-refractivity contribution >= 4 is 21.9 Å². The van der Waals surface area contributed by atoms with Gasteiger partial charge in [-0.05, 0) is 36.6 Å². The Bertz CT molecular complexity index is 361. The topological polar surface area (TPSA) is 57.5 Å². The first kappa shape index (κ1) is 11.0. The molecule has 0 heterocycles. The van der Waals surface area contributed by atoms with E-state index in [0.717, 1.165) is 15.6 Å². The van der Waals surface area contributed by atoms with E-state index in [0.29, 0.717) is 6.42 Å². The molecule has 1 aromatic carbocycles. The molecule has 0 aromatic heterocycles. The summed E-state index contributed by atoms with van der Waals surface area (Å²) in [5.41, 5.74) is 1.73. The van der Waals surface area contributed by atoms with Gasteiger partial charge in [0.25, 0.3) is 0 Å². The summed E-state index contributed by atoms with van der Waals surface area (Å²) in [6.07, 6.45) is 0.493. The lowest BCUT2D eigenvalue weighted by molar-refractivity contribution is -0.136. The van der Waals surface area contributed by atoms with Gasteiger partial charge in [0, 0.05) is 10.9 Å². The molecule has 0 unspecified atom stereocenters. The summed E-state index contributed by atoms with van der Waals surface area (Å²) < 4.78 is 0.872. The molecule has 0 aliphatic rings. The number of aromatic hydroxyl groups is 1. The van der Waals surface area contributed by atoms with E-state index < -0.39 is 5.97 Å². The Morgan fingerprint density at radius 2 is 2.14 bits per heavy atom. The lowest BCUT2D eigenvalue weighted by atomic mass is 10.1. The van der Waals surface area contributed by atoms with E-state index in [-0.39, 0.29) is 12.2 Å². The molecule has 76 valence electrons. The number of aryl methyl sites for hydroxylation is 2. The number of phenolic OH excluding ortho intramolecular Hbond substituents is 1. The van der Waals surface area contributed by atoms with E-state index in [1.54, 1.807) is 12.1 Å². The summed E-state index contributed by atoms with van der Waals surface area (Å²) in [7, 11) is 0. The number of carboxylic acid groups (broad SMARTS) is 1. The summed E-state index contributed by atoms with van der Waals surface area (Å²) in [5, 5.41) is 17.8. The monoisotopic (exact) mass is 258 g/mol. The van der Waals surface area contributed by atoms with Crippen molar-refractivity contribution in [3.05, 3.63) is 27.7 Å². The van der Waals surface area contributed by atoms with Crippen LogP contribution in [0.2, 0.25) is 0 Å². The lowest BCUT2D eigenvalue weighted by Gasteiger charge is -2.06. The molecule has 0 aliphatic heterocycles. The number of benzene rings is 1. The molecule has 0 amide bonds. The van der Waals surface area contributed by atoms with Crippen molar-refractivity contribution < 1.29 is 15.0 Å². The number of hydrogen-bond acceptors (Lipinski definition) is 2. The fraction of sp³-hybridized carbons (Fsp3) is 0.300. The Labute approximate surface area is 90.5 Å². The van der Waals surface area contributed by atoms with Gasteiger partial charge in [-0.2, -0.15) is 0 Å². The molecule has 0 aliphatic carbocycles. The number of rotatable bonds is 3. The Kier molecular flexibility index (Phi) is 3.52. The van der Waals surface area contributed by atoms with Gasteiger partial charge >= 0.3 is 5.97 Å². The van der Waals surface area contributed by atoms with Gasteiger partial charge in [-0.15, -0.1) is 0 Å². The third-order valence-corrected chi connectivity index (χ3v) is 3.06. The Morgan fingerprint density at radius 3 is 2.71 bits per heavy atom.